The van der Waals surface area contributed by atoms with Crippen LogP contribution in [0, 0.1) is 20.8 Å². The maximum absolute atomic E-state index is 12.4. The predicted molar refractivity (Wildman–Crippen MR) is 66.3 cm³/mol. The van der Waals surface area contributed by atoms with E-state index in [1.165, 1.54) is 0 Å². The van der Waals surface area contributed by atoms with Gasteiger partial charge in [0.05, 0.1) is 5.56 Å². The third kappa shape index (κ3) is 2.09. The maximum atomic E-state index is 12.4. The summed E-state index contributed by atoms with van der Waals surface area (Å²) in [5.41, 5.74) is 1.70. The fourth-order valence-electron chi connectivity index (χ4n) is 2.42. The van der Waals surface area contributed by atoms with Crippen molar-refractivity contribution >= 4 is 5.91 Å². The molecule has 1 aromatic rings. The normalized spacial score (nSPS) is 19.6. The van der Waals surface area contributed by atoms with Crippen molar-refractivity contribution in [2.75, 3.05) is 20.1 Å². The van der Waals surface area contributed by atoms with E-state index in [-0.39, 0.29) is 5.91 Å². The van der Waals surface area contributed by atoms with E-state index in [0.29, 0.717) is 6.04 Å². The van der Waals surface area contributed by atoms with Crippen LogP contribution in [0.15, 0.2) is 4.42 Å². The first-order valence-corrected chi connectivity index (χ1v) is 6.06. The van der Waals surface area contributed by atoms with E-state index in [1.807, 2.05) is 32.7 Å². The lowest BCUT2D eigenvalue weighted by Gasteiger charge is -2.23. The fraction of sp³-hybridized carbons (Fsp3) is 0.615. The molecule has 0 spiro atoms. The zero-order valence-corrected chi connectivity index (χ0v) is 11.0. The number of nitrogens with one attached hydrogen (secondary N) is 1. The standard InChI is InChI=1S/C13H20N2O2/c1-8-9(2)17-10(3)12(8)13(16)15(4)11-5-6-14-7-11/h11,14H,5-7H2,1-4H3. The van der Waals surface area contributed by atoms with E-state index in [0.717, 1.165) is 42.2 Å². The maximum Gasteiger partial charge on any atom is 0.257 e. The van der Waals surface area contributed by atoms with Crippen LogP contribution in [0.5, 0.6) is 0 Å². The number of nitrogens with zero attached hydrogens (tertiary/aromatic N) is 1. The molecule has 4 heteroatoms. The zero-order valence-electron chi connectivity index (χ0n) is 11.0. The summed E-state index contributed by atoms with van der Waals surface area (Å²) in [5, 5.41) is 3.28. The van der Waals surface area contributed by atoms with Gasteiger partial charge in [0.2, 0.25) is 0 Å². The monoisotopic (exact) mass is 236 g/mol. The van der Waals surface area contributed by atoms with Crippen LogP contribution >= 0.6 is 0 Å². The first kappa shape index (κ1) is 12.2. The Kier molecular flexibility index (Phi) is 3.24. The molecule has 0 saturated carbocycles. The van der Waals surface area contributed by atoms with E-state index < -0.39 is 0 Å². The van der Waals surface area contributed by atoms with Crippen molar-refractivity contribution in [2.45, 2.75) is 33.2 Å². The summed E-state index contributed by atoms with van der Waals surface area (Å²) in [4.78, 5) is 14.3. The van der Waals surface area contributed by atoms with Gasteiger partial charge >= 0.3 is 0 Å². The van der Waals surface area contributed by atoms with Crippen molar-refractivity contribution in [3.8, 4) is 0 Å². The summed E-state index contributed by atoms with van der Waals surface area (Å²) in [7, 11) is 1.88. The van der Waals surface area contributed by atoms with E-state index in [1.54, 1.807) is 0 Å². The molecule has 2 rings (SSSR count). The quantitative estimate of drug-likeness (QED) is 0.849. The number of amides is 1. The molecule has 1 aliphatic rings. The Balaban J connectivity index is 2.24. The lowest BCUT2D eigenvalue weighted by atomic mass is 10.1. The van der Waals surface area contributed by atoms with Gasteiger partial charge in [0.15, 0.2) is 0 Å². The highest BCUT2D eigenvalue weighted by atomic mass is 16.3. The van der Waals surface area contributed by atoms with Crippen LogP contribution in [0.1, 0.15) is 33.9 Å². The molecule has 0 radical (unpaired) electrons. The fourth-order valence-corrected chi connectivity index (χ4v) is 2.42. The Hall–Kier alpha value is -1.29. The Bertz CT molecular complexity index is 431. The molecular weight excluding hydrogens is 216 g/mol. The summed E-state index contributed by atoms with van der Waals surface area (Å²) in [6.07, 6.45) is 1.02. The number of hydrogen-bond acceptors (Lipinski definition) is 3. The van der Waals surface area contributed by atoms with Gasteiger partial charge < -0.3 is 14.6 Å². The Morgan fingerprint density at radius 2 is 2.06 bits per heavy atom. The number of furan rings is 1. The minimum absolute atomic E-state index is 0.0746. The largest absolute Gasteiger partial charge is 0.466 e. The number of aryl methyl sites for hydroxylation is 2. The second-order valence-corrected chi connectivity index (χ2v) is 4.78. The van der Waals surface area contributed by atoms with Gasteiger partial charge in [-0.15, -0.1) is 0 Å². The lowest BCUT2D eigenvalue weighted by molar-refractivity contribution is 0.0741. The highest BCUT2D eigenvalue weighted by Crippen LogP contribution is 2.23. The smallest absolute Gasteiger partial charge is 0.257 e. The van der Waals surface area contributed by atoms with Crippen molar-refractivity contribution in [1.29, 1.82) is 0 Å². The SMILES string of the molecule is Cc1oc(C)c(C(=O)N(C)C2CCNC2)c1C. The summed E-state index contributed by atoms with van der Waals surface area (Å²) in [5.74, 6) is 1.64. The summed E-state index contributed by atoms with van der Waals surface area (Å²) in [6, 6.07) is 0.302. The van der Waals surface area contributed by atoms with Crippen molar-refractivity contribution < 1.29 is 9.21 Å². The molecule has 1 N–H and O–H groups in total. The highest BCUT2D eigenvalue weighted by Gasteiger charge is 2.27. The van der Waals surface area contributed by atoms with Gasteiger partial charge in [-0.2, -0.15) is 0 Å². The third-order valence-electron chi connectivity index (χ3n) is 3.68. The highest BCUT2D eigenvalue weighted by molar-refractivity contribution is 5.96. The molecule has 1 aliphatic heterocycles. The average Bonchev–Trinajstić information content (AvgIpc) is 2.87. The van der Waals surface area contributed by atoms with Gasteiger partial charge in [-0.3, -0.25) is 4.79 Å². The van der Waals surface area contributed by atoms with Gasteiger partial charge in [0.25, 0.3) is 5.91 Å². The minimum atomic E-state index is 0.0746. The van der Waals surface area contributed by atoms with Crippen LogP contribution in [-0.4, -0.2) is 37.0 Å². The molecular formula is C13H20N2O2. The van der Waals surface area contributed by atoms with Gasteiger partial charge in [-0.25, -0.2) is 0 Å². The second-order valence-electron chi connectivity index (χ2n) is 4.78. The van der Waals surface area contributed by atoms with E-state index in [9.17, 15) is 4.79 Å². The number of likely N-dealkylation sites (N-methyl/N-ethyl adjacent to an activating group) is 1. The van der Waals surface area contributed by atoms with Crippen LogP contribution in [0.2, 0.25) is 0 Å². The van der Waals surface area contributed by atoms with Crippen molar-refractivity contribution in [3.63, 3.8) is 0 Å². The van der Waals surface area contributed by atoms with Crippen LogP contribution in [0.4, 0.5) is 0 Å². The van der Waals surface area contributed by atoms with Crippen molar-refractivity contribution in [1.82, 2.24) is 10.2 Å². The Labute approximate surface area is 102 Å². The van der Waals surface area contributed by atoms with E-state index in [2.05, 4.69) is 5.32 Å². The third-order valence-corrected chi connectivity index (χ3v) is 3.68. The molecule has 4 nitrogen and oxygen atoms in total. The van der Waals surface area contributed by atoms with Crippen LogP contribution in [0.3, 0.4) is 0 Å². The molecule has 0 bridgehead atoms. The minimum Gasteiger partial charge on any atom is -0.466 e. The molecule has 1 atom stereocenters. The molecule has 17 heavy (non-hydrogen) atoms. The van der Waals surface area contributed by atoms with E-state index in [4.69, 9.17) is 4.42 Å². The number of hydrogen-bond donors (Lipinski definition) is 1. The van der Waals surface area contributed by atoms with Crippen LogP contribution < -0.4 is 5.32 Å². The predicted octanol–water partition coefficient (Wildman–Crippen LogP) is 1.64. The lowest BCUT2D eigenvalue weighted by Crippen LogP contribution is -2.38. The van der Waals surface area contributed by atoms with Crippen molar-refractivity contribution in [2.24, 2.45) is 0 Å². The van der Waals surface area contributed by atoms with Gasteiger partial charge in [0.1, 0.15) is 11.5 Å². The van der Waals surface area contributed by atoms with Crippen molar-refractivity contribution in [3.05, 3.63) is 22.6 Å². The molecule has 0 aliphatic carbocycles. The second kappa shape index (κ2) is 4.53. The molecule has 0 aromatic carbocycles. The van der Waals surface area contributed by atoms with Crippen LogP contribution in [-0.2, 0) is 0 Å². The van der Waals surface area contributed by atoms with Gasteiger partial charge in [0, 0.05) is 25.2 Å². The topological polar surface area (TPSA) is 45.5 Å². The number of carbonyl (C=O) groups excluding carboxylic acids is 1. The number of rotatable bonds is 2. The molecule has 1 amide bonds. The molecule has 94 valence electrons. The summed E-state index contributed by atoms with van der Waals surface area (Å²) in [6.45, 7) is 7.58. The van der Waals surface area contributed by atoms with Gasteiger partial charge in [-0.1, -0.05) is 0 Å². The Morgan fingerprint density at radius 3 is 2.53 bits per heavy atom. The molecule has 1 aromatic heterocycles. The van der Waals surface area contributed by atoms with Crippen LogP contribution in [0.25, 0.3) is 0 Å². The van der Waals surface area contributed by atoms with Gasteiger partial charge in [-0.05, 0) is 33.7 Å². The summed E-state index contributed by atoms with van der Waals surface area (Å²) < 4.78 is 5.52. The molecule has 2 heterocycles. The number of carbonyl (C=O) groups is 1. The molecule has 1 fully saturated rings. The summed E-state index contributed by atoms with van der Waals surface area (Å²) >= 11 is 0. The van der Waals surface area contributed by atoms with E-state index >= 15 is 0 Å². The molecule has 1 saturated heterocycles. The first-order valence-electron chi connectivity index (χ1n) is 6.06. The first-order chi connectivity index (χ1) is 8.02. The molecule has 1 unspecified atom stereocenters. The average molecular weight is 236 g/mol. The Morgan fingerprint density at radius 1 is 1.35 bits per heavy atom. The zero-order chi connectivity index (χ0) is 12.6.